The molecule has 27 heavy (non-hydrogen) atoms. The van der Waals surface area contributed by atoms with E-state index >= 15 is 0 Å². The molecule has 7 heteroatoms. The number of hydrogen-bond acceptors (Lipinski definition) is 5. The highest BCUT2D eigenvalue weighted by Crippen LogP contribution is 2.29. The molecule has 0 bridgehead atoms. The molecule has 2 aromatic rings. The summed E-state index contributed by atoms with van der Waals surface area (Å²) in [5.74, 6) is 1.73. The fraction of sp³-hybridized carbons (Fsp3) is 0.450. The van der Waals surface area contributed by atoms with Crippen molar-refractivity contribution in [3.8, 4) is 11.5 Å². The number of carbonyl (C=O) groups excluding carboxylic acids is 1. The summed E-state index contributed by atoms with van der Waals surface area (Å²) in [6.45, 7) is 3.82. The summed E-state index contributed by atoms with van der Waals surface area (Å²) in [6, 6.07) is 9.39. The quantitative estimate of drug-likeness (QED) is 0.756. The molecule has 1 aliphatic heterocycles. The van der Waals surface area contributed by atoms with Crippen LogP contribution in [0, 0.1) is 5.92 Å². The molecule has 0 unspecified atom stereocenters. The molecule has 0 spiro atoms. The number of anilines is 1. The SMILES string of the molecule is COc1ccc(NC(=O)NC[C@@H]2CCCN(Cc3cccs3)C2)c(OC)c1. The van der Waals surface area contributed by atoms with Crippen LogP contribution in [-0.4, -0.2) is 44.8 Å². The Morgan fingerprint density at radius 3 is 2.93 bits per heavy atom. The minimum atomic E-state index is -0.214. The molecule has 146 valence electrons. The highest BCUT2D eigenvalue weighted by Gasteiger charge is 2.21. The smallest absolute Gasteiger partial charge is 0.319 e. The summed E-state index contributed by atoms with van der Waals surface area (Å²) in [4.78, 5) is 16.2. The Labute approximate surface area is 164 Å². The van der Waals surface area contributed by atoms with Crippen LogP contribution in [0.2, 0.25) is 0 Å². The lowest BCUT2D eigenvalue weighted by molar-refractivity contribution is 0.167. The fourth-order valence-electron chi connectivity index (χ4n) is 3.39. The zero-order valence-electron chi connectivity index (χ0n) is 15.9. The Hall–Kier alpha value is -2.25. The molecule has 1 aromatic carbocycles. The van der Waals surface area contributed by atoms with Gasteiger partial charge in [-0.05, 0) is 48.9 Å². The molecule has 6 nitrogen and oxygen atoms in total. The molecular formula is C20H27N3O3S. The third-order valence-corrected chi connectivity index (χ3v) is 5.63. The van der Waals surface area contributed by atoms with Gasteiger partial charge in [0, 0.05) is 30.6 Å². The summed E-state index contributed by atoms with van der Waals surface area (Å²) >= 11 is 1.80. The second-order valence-electron chi connectivity index (χ2n) is 6.72. The molecule has 1 aromatic heterocycles. The van der Waals surface area contributed by atoms with Crippen LogP contribution in [0.5, 0.6) is 11.5 Å². The topological polar surface area (TPSA) is 62.8 Å². The van der Waals surface area contributed by atoms with Crippen molar-refractivity contribution in [3.05, 3.63) is 40.6 Å². The van der Waals surface area contributed by atoms with Gasteiger partial charge in [-0.25, -0.2) is 4.79 Å². The lowest BCUT2D eigenvalue weighted by Crippen LogP contribution is -2.41. The number of thiophene rings is 1. The van der Waals surface area contributed by atoms with Crippen LogP contribution < -0.4 is 20.1 Å². The van der Waals surface area contributed by atoms with Crippen molar-refractivity contribution in [2.75, 3.05) is 39.2 Å². The molecule has 2 heterocycles. The summed E-state index contributed by atoms with van der Waals surface area (Å²) in [5, 5.41) is 7.98. The van der Waals surface area contributed by atoms with Gasteiger partial charge in [-0.1, -0.05) is 6.07 Å². The lowest BCUT2D eigenvalue weighted by Gasteiger charge is -2.32. The maximum Gasteiger partial charge on any atom is 0.319 e. The predicted octanol–water partition coefficient (Wildman–Crippen LogP) is 3.80. The largest absolute Gasteiger partial charge is 0.497 e. The van der Waals surface area contributed by atoms with Crippen LogP contribution >= 0.6 is 11.3 Å². The molecule has 1 atom stereocenters. The lowest BCUT2D eigenvalue weighted by atomic mass is 9.98. The molecule has 2 amide bonds. The number of amides is 2. The summed E-state index contributed by atoms with van der Waals surface area (Å²) in [6.07, 6.45) is 2.32. The predicted molar refractivity (Wildman–Crippen MR) is 109 cm³/mol. The van der Waals surface area contributed by atoms with Gasteiger partial charge >= 0.3 is 6.03 Å². The second-order valence-corrected chi connectivity index (χ2v) is 7.76. The Bertz CT molecular complexity index is 736. The molecular weight excluding hydrogens is 362 g/mol. The summed E-state index contributed by atoms with van der Waals surface area (Å²) in [7, 11) is 3.17. The Kier molecular flexibility index (Phi) is 6.95. The van der Waals surface area contributed by atoms with E-state index in [0.29, 0.717) is 29.6 Å². The van der Waals surface area contributed by atoms with Crippen LogP contribution in [0.4, 0.5) is 10.5 Å². The number of urea groups is 1. The highest BCUT2D eigenvalue weighted by molar-refractivity contribution is 7.09. The number of nitrogens with zero attached hydrogens (tertiary/aromatic N) is 1. The molecule has 1 fully saturated rings. The van der Waals surface area contributed by atoms with Gasteiger partial charge in [0.05, 0.1) is 19.9 Å². The molecule has 0 radical (unpaired) electrons. The first-order valence-corrected chi connectivity index (χ1v) is 10.1. The number of piperidine rings is 1. The molecule has 1 aliphatic rings. The molecule has 0 saturated carbocycles. The maximum atomic E-state index is 12.3. The standard InChI is InChI=1S/C20H27N3O3S/c1-25-16-7-8-18(19(11-16)26-2)22-20(24)21-12-15-5-3-9-23(13-15)14-17-6-4-10-27-17/h4,6-8,10-11,15H,3,5,9,12-14H2,1-2H3,(H2,21,22,24)/t15-/m0/s1. The first-order chi connectivity index (χ1) is 13.2. The molecule has 0 aliphatic carbocycles. The third-order valence-electron chi connectivity index (χ3n) is 4.77. The Morgan fingerprint density at radius 1 is 1.30 bits per heavy atom. The first-order valence-electron chi connectivity index (χ1n) is 9.19. The van der Waals surface area contributed by atoms with Gasteiger partial charge in [-0.3, -0.25) is 4.90 Å². The average molecular weight is 390 g/mol. The third kappa shape index (κ3) is 5.61. The van der Waals surface area contributed by atoms with E-state index in [1.165, 1.54) is 11.3 Å². The number of hydrogen-bond donors (Lipinski definition) is 2. The minimum absolute atomic E-state index is 0.214. The maximum absolute atomic E-state index is 12.3. The van der Waals surface area contributed by atoms with Crippen molar-refractivity contribution in [2.45, 2.75) is 19.4 Å². The van der Waals surface area contributed by atoms with E-state index in [0.717, 1.165) is 26.1 Å². The van der Waals surface area contributed by atoms with Crippen LogP contribution in [0.25, 0.3) is 0 Å². The van der Waals surface area contributed by atoms with E-state index in [-0.39, 0.29) is 6.03 Å². The van der Waals surface area contributed by atoms with Gasteiger partial charge < -0.3 is 20.1 Å². The number of benzene rings is 1. The van der Waals surface area contributed by atoms with Gasteiger partial charge in [0.15, 0.2) is 0 Å². The minimum Gasteiger partial charge on any atom is -0.497 e. The fourth-order valence-corrected chi connectivity index (χ4v) is 4.14. The van der Waals surface area contributed by atoms with E-state index in [4.69, 9.17) is 9.47 Å². The second kappa shape index (κ2) is 9.62. The number of methoxy groups -OCH3 is 2. The van der Waals surface area contributed by atoms with Gasteiger partial charge in [-0.15, -0.1) is 11.3 Å². The van der Waals surface area contributed by atoms with Crippen LogP contribution in [0.1, 0.15) is 17.7 Å². The number of rotatable bonds is 7. The molecule has 2 N–H and O–H groups in total. The van der Waals surface area contributed by atoms with Crippen LogP contribution in [-0.2, 0) is 6.54 Å². The van der Waals surface area contributed by atoms with Crippen molar-refractivity contribution in [1.82, 2.24) is 10.2 Å². The van der Waals surface area contributed by atoms with Crippen molar-refractivity contribution in [2.24, 2.45) is 5.92 Å². The van der Waals surface area contributed by atoms with Crippen molar-refractivity contribution < 1.29 is 14.3 Å². The van der Waals surface area contributed by atoms with Gasteiger partial charge in [0.1, 0.15) is 11.5 Å². The van der Waals surface area contributed by atoms with Crippen molar-refractivity contribution in [3.63, 3.8) is 0 Å². The van der Waals surface area contributed by atoms with Gasteiger partial charge in [-0.2, -0.15) is 0 Å². The van der Waals surface area contributed by atoms with E-state index < -0.39 is 0 Å². The van der Waals surface area contributed by atoms with E-state index in [9.17, 15) is 4.79 Å². The van der Waals surface area contributed by atoms with Crippen molar-refractivity contribution in [1.29, 1.82) is 0 Å². The van der Waals surface area contributed by atoms with E-state index in [1.54, 1.807) is 43.8 Å². The Morgan fingerprint density at radius 2 is 2.19 bits per heavy atom. The zero-order chi connectivity index (χ0) is 19.1. The van der Waals surface area contributed by atoms with Gasteiger partial charge in [0.2, 0.25) is 0 Å². The number of ether oxygens (including phenoxy) is 2. The van der Waals surface area contributed by atoms with Crippen LogP contribution in [0.3, 0.4) is 0 Å². The highest BCUT2D eigenvalue weighted by atomic mass is 32.1. The monoisotopic (exact) mass is 389 g/mol. The molecule has 3 rings (SSSR count). The summed E-state index contributed by atoms with van der Waals surface area (Å²) < 4.78 is 10.5. The van der Waals surface area contributed by atoms with Gasteiger partial charge in [0.25, 0.3) is 0 Å². The number of nitrogens with one attached hydrogen (secondary N) is 2. The normalized spacial score (nSPS) is 17.3. The Balaban J connectivity index is 1.47. The number of carbonyl (C=O) groups is 1. The summed E-state index contributed by atoms with van der Waals surface area (Å²) in [5.41, 5.74) is 0.624. The zero-order valence-corrected chi connectivity index (χ0v) is 16.7. The molecule has 1 saturated heterocycles. The van der Waals surface area contributed by atoms with E-state index in [1.807, 2.05) is 0 Å². The first kappa shape index (κ1) is 19.5. The van der Waals surface area contributed by atoms with E-state index in [2.05, 4.69) is 33.0 Å². The van der Waals surface area contributed by atoms with Crippen LogP contribution in [0.15, 0.2) is 35.7 Å². The van der Waals surface area contributed by atoms with Crippen molar-refractivity contribution >= 4 is 23.1 Å². The number of likely N-dealkylation sites (tertiary alicyclic amines) is 1. The average Bonchev–Trinajstić information content (AvgIpc) is 3.20.